The molecule has 1 N–H and O–H groups in total. The Bertz CT molecular complexity index is 1200. The summed E-state index contributed by atoms with van der Waals surface area (Å²) < 4.78 is 46.9. The quantitative estimate of drug-likeness (QED) is 0.475. The highest BCUT2D eigenvalue weighted by atomic mass is 19.4. The highest BCUT2D eigenvalue weighted by molar-refractivity contribution is 5.75. The minimum Gasteiger partial charge on any atom is -0.475 e. The molecule has 3 aromatic rings. The zero-order valence-electron chi connectivity index (χ0n) is 20.8. The van der Waals surface area contributed by atoms with Crippen molar-refractivity contribution in [3.05, 3.63) is 48.4 Å². The molecule has 2 unspecified atom stereocenters. The first-order chi connectivity index (χ1) is 17.1. The third-order valence-corrected chi connectivity index (χ3v) is 6.72. The highest BCUT2D eigenvalue weighted by Crippen LogP contribution is 2.29. The second kappa shape index (κ2) is 10.8. The molecule has 194 valence electrons. The van der Waals surface area contributed by atoms with Crippen LogP contribution in [-0.2, 0) is 0 Å². The molecule has 36 heavy (non-hydrogen) atoms. The van der Waals surface area contributed by atoms with Crippen LogP contribution < -0.4 is 10.1 Å². The Kier molecular flexibility index (Phi) is 7.70. The largest absolute Gasteiger partial charge is 0.475 e. The monoisotopic (exact) mass is 503 g/mol. The highest BCUT2D eigenvalue weighted by Gasteiger charge is 2.30. The number of hydrogen-bond donors (Lipinski definition) is 1. The van der Waals surface area contributed by atoms with E-state index in [1.165, 1.54) is 0 Å². The molecule has 3 atom stereocenters. The van der Waals surface area contributed by atoms with Crippen LogP contribution in [0.1, 0.15) is 58.1 Å². The van der Waals surface area contributed by atoms with Crippen molar-refractivity contribution in [1.82, 2.24) is 24.6 Å². The van der Waals surface area contributed by atoms with Crippen molar-refractivity contribution in [1.29, 1.82) is 0 Å². The molecule has 0 saturated heterocycles. The van der Waals surface area contributed by atoms with Crippen molar-refractivity contribution < 1.29 is 22.7 Å². The maximum absolute atomic E-state index is 13.2. The van der Waals surface area contributed by atoms with Crippen molar-refractivity contribution in [2.24, 2.45) is 5.92 Å². The fourth-order valence-electron chi connectivity index (χ4n) is 4.67. The second-order valence-corrected chi connectivity index (χ2v) is 9.46. The van der Waals surface area contributed by atoms with Crippen LogP contribution in [0, 0.1) is 5.92 Å². The van der Waals surface area contributed by atoms with Crippen molar-refractivity contribution in [3.63, 3.8) is 0 Å². The summed E-state index contributed by atoms with van der Waals surface area (Å²) in [5.74, 6) is 0.433. The lowest BCUT2D eigenvalue weighted by atomic mass is 9.95. The number of carbonyl (C=O) groups is 1. The van der Waals surface area contributed by atoms with Crippen LogP contribution >= 0.6 is 0 Å². The number of nitrogens with one attached hydrogen (secondary N) is 1. The van der Waals surface area contributed by atoms with Crippen LogP contribution in [-0.4, -0.2) is 50.7 Å². The number of hydrogen-bond acceptors (Lipinski definition) is 4. The normalized spacial score (nSPS) is 21.8. The number of benzene rings is 1. The maximum atomic E-state index is 13.2. The summed E-state index contributed by atoms with van der Waals surface area (Å²) in [7, 11) is 0. The number of ether oxygens (including phenoxy) is 1. The number of fused-ring (bicyclic) bond motifs is 7. The summed E-state index contributed by atoms with van der Waals surface area (Å²) in [5, 5.41) is 2.89. The molecule has 10 heteroatoms. The number of rotatable bonds is 3. The first-order valence-corrected chi connectivity index (χ1v) is 12.4. The van der Waals surface area contributed by atoms with Crippen molar-refractivity contribution in [2.45, 2.75) is 64.7 Å². The molecule has 2 amide bonds. The van der Waals surface area contributed by atoms with Gasteiger partial charge in [0.2, 0.25) is 5.65 Å². The molecular weight excluding hydrogens is 471 g/mol. The van der Waals surface area contributed by atoms with E-state index in [0.717, 1.165) is 11.1 Å². The van der Waals surface area contributed by atoms with Crippen LogP contribution in [0.3, 0.4) is 0 Å². The Balaban J connectivity index is 1.71. The molecular formula is C26H32F3N5O2. The van der Waals surface area contributed by atoms with Crippen LogP contribution in [0.4, 0.5) is 18.0 Å². The second-order valence-electron chi connectivity index (χ2n) is 9.46. The molecule has 0 fully saturated rings. The molecule has 1 aromatic carbocycles. The third-order valence-electron chi connectivity index (χ3n) is 6.72. The Hall–Kier alpha value is -3.30. The summed E-state index contributed by atoms with van der Waals surface area (Å²) in [4.78, 5) is 24.0. The van der Waals surface area contributed by atoms with Crippen molar-refractivity contribution in [2.75, 3.05) is 13.2 Å². The summed E-state index contributed by atoms with van der Waals surface area (Å²) in [6, 6.07) is 6.50. The average molecular weight is 504 g/mol. The smallest absolute Gasteiger partial charge is 0.389 e. The molecule has 0 spiro atoms. The molecule has 2 aromatic heterocycles. The van der Waals surface area contributed by atoms with Gasteiger partial charge in [-0.3, -0.25) is 0 Å². The minimum absolute atomic E-state index is 0.0237. The fourth-order valence-corrected chi connectivity index (χ4v) is 4.67. The summed E-state index contributed by atoms with van der Waals surface area (Å²) in [6.45, 7) is 6.48. The van der Waals surface area contributed by atoms with Crippen LogP contribution in [0.15, 0.2) is 42.9 Å². The van der Waals surface area contributed by atoms with Gasteiger partial charge in [-0.2, -0.15) is 13.2 Å². The number of aromatic nitrogens is 3. The van der Waals surface area contributed by atoms with Gasteiger partial charge in [-0.1, -0.05) is 25.1 Å². The summed E-state index contributed by atoms with van der Waals surface area (Å²) >= 11 is 0. The molecule has 7 nitrogen and oxygen atoms in total. The van der Waals surface area contributed by atoms with Gasteiger partial charge in [0, 0.05) is 43.2 Å². The van der Waals surface area contributed by atoms with E-state index in [-0.39, 0.29) is 24.4 Å². The number of urea groups is 1. The zero-order chi connectivity index (χ0) is 25.9. The van der Waals surface area contributed by atoms with E-state index in [0.29, 0.717) is 43.2 Å². The molecule has 1 aliphatic rings. The molecule has 3 heterocycles. The van der Waals surface area contributed by atoms with Gasteiger partial charge >= 0.3 is 12.2 Å². The number of carbonyl (C=O) groups excluding carboxylic acids is 1. The number of halogens is 3. The first-order valence-electron chi connectivity index (χ1n) is 12.4. The topological polar surface area (TPSA) is 71.8 Å². The third kappa shape index (κ3) is 6.09. The van der Waals surface area contributed by atoms with Crippen LogP contribution in [0.2, 0.25) is 0 Å². The number of nitrogens with zero attached hydrogens (tertiary/aromatic N) is 4. The fraction of sp³-hybridized carbons (Fsp3) is 0.500. The van der Waals surface area contributed by atoms with Gasteiger partial charge < -0.3 is 19.4 Å². The Morgan fingerprint density at radius 3 is 2.81 bits per heavy atom. The average Bonchev–Trinajstić information content (AvgIpc) is 3.31. The van der Waals surface area contributed by atoms with Gasteiger partial charge in [-0.15, -0.1) is 0 Å². The van der Waals surface area contributed by atoms with Gasteiger partial charge in [0.05, 0.1) is 18.3 Å². The minimum atomic E-state index is -4.28. The summed E-state index contributed by atoms with van der Waals surface area (Å²) in [6.07, 6.45) is 1.02. The Morgan fingerprint density at radius 2 is 2.06 bits per heavy atom. The van der Waals surface area contributed by atoms with Gasteiger partial charge in [0.15, 0.2) is 0 Å². The summed E-state index contributed by atoms with van der Waals surface area (Å²) in [5.41, 5.74) is 3.07. The number of imidazole rings is 1. The lowest BCUT2D eigenvalue weighted by molar-refractivity contribution is -0.136. The van der Waals surface area contributed by atoms with E-state index < -0.39 is 18.6 Å². The van der Waals surface area contributed by atoms with Crippen molar-refractivity contribution >= 4 is 11.7 Å². The number of amides is 2. The first kappa shape index (κ1) is 25.8. The zero-order valence-corrected chi connectivity index (χ0v) is 20.8. The van der Waals surface area contributed by atoms with Crippen molar-refractivity contribution in [3.8, 4) is 17.1 Å². The van der Waals surface area contributed by atoms with Gasteiger partial charge in [0.25, 0.3) is 5.88 Å². The van der Waals surface area contributed by atoms with Gasteiger partial charge in [-0.05, 0) is 50.7 Å². The van der Waals surface area contributed by atoms with Gasteiger partial charge in [0.1, 0.15) is 0 Å². The Morgan fingerprint density at radius 1 is 1.25 bits per heavy atom. The molecule has 0 radical (unpaired) electrons. The predicted molar refractivity (Wildman–Crippen MR) is 131 cm³/mol. The molecule has 0 aliphatic carbocycles. The number of alkyl halides is 3. The SMILES string of the molecule is CCN1C(=O)NC(CCC(F)(F)F)CC(C)CCOc2nc(cn3ccnc23)-c2cccc(c2)[C@H]1C. The van der Waals surface area contributed by atoms with E-state index in [1.807, 2.05) is 61.8 Å². The van der Waals surface area contributed by atoms with E-state index in [9.17, 15) is 18.0 Å². The molecule has 1 aliphatic heterocycles. The Labute approximate surface area is 208 Å². The van der Waals surface area contributed by atoms with E-state index >= 15 is 0 Å². The van der Waals surface area contributed by atoms with E-state index in [4.69, 9.17) is 9.72 Å². The standard InChI is InChI=1S/C26H32F3N5O2/c1-4-34-18(3)19-6-5-7-20(15-19)22-16-33-12-11-30-23(33)24(32-22)36-13-9-17(2)14-21(31-25(34)35)8-10-26(27,28)29/h5-7,11-12,15-18,21H,4,8-10,13-14H2,1-3H3,(H,31,35)/t17?,18-,21?/m1/s1. The van der Waals surface area contributed by atoms with Crippen LogP contribution in [0.25, 0.3) is 16.9 Å². The lowest BCUT2D eigenvalue weighted by Gasteiger charge is -2.32. The van der Waals surface area contributed by atoms with Gasteiger partial charge in [-0.25, -0.2) is 14.8 Å². The lowest BCUT2D eigenvalue weighted by Crippen LogP contribution is -2.46. The molecule has 4 rings (SSSR count). The van der Waals surface area contributed by atoms with E-state index in [1.54, 1.807) is 11.1 Å². The van der Waals surface area contributed by atoms with E-state index in [2.05, 4.69) is 10.3 Å². The predicted octanol–water partition coefficient (Wildman–Crippen LogP) is 6.01. The van der Waals surface area contributed by atoms with Crippen LogP contribution in [0.5, 0.6) is 5.88 Å². The molecule has 0 saturated carbocycles. The molecule has 4 bridgehead atoms. The maximum Gasteiger partial charge on any atom is 0.389 e.